The lowest BCUT2D eigenvalue weighted by molar-refractivity contribution is -0.151. The molecular formula is C17H26N2O6. The van der Waals surface area contributed by atoms with E-state index >= 15 is 0 Å². The van der Waals surface area contributed by atoms with Gasteiger partial charge in [-0.3, -0.25) is 9.80 Å². The predicted molar refractivity (Wildman–Crippen MR) is 88.9 cm³/mol. The van der Waals surface area contributed by atoms with Crippen molar-refractivity contribution in [2.45, 2.75) is 57.3 Å². The van der Waals surface area contributed by atoms with Crippen molar-refractivity contribution in [3.05, 3.63) is 12.7 Å². The number of ether oxygens (including phenoxy) is 3. The standard InChI is InChI=1S/C17H26N2O6/c1-6-9-24-15(21)18-10-11-7-8-12(13(18)14(20)23-5)19(11)16(22)25-17(2,3)4/h6,11-13H,1,7-10H2,2-5H3/t11-,12+,13+/m0/s1. The number of esters is 1. The molecule has 0 aromatic carbocycles. The molecule has 0 saturated carbocycles. The summed E-state index contributed by atoms with van der Waals surface area (Å²) in [5.74, 6) is -0.575. The van der Waals surface area contributed by atoms with E-state index in [1.807, 2.05) is 0 Å². The van der Waals surface area contributed by atoms with E-state index in [0.29, 0.717) is 12.8 Å². The molecule has 0 radical (unpaired) electrons. The Kier molecular flexibility index (Phi) is 5.59. The zero-order valence-corrected chi connectivity index (χ0v) is 15.2. The summed E-state index contributed by atoms with van der Waals surface area (Å²) >= 11 is 0. The maximum absolute atomic E-state index is 12.6. The number of hydrogen-bond donors (Lipinski definition) is 0. The molecule has 8 heteroatoms. The molecule has 2 aliphatic heterocycles. The SMILES string of the molecule is C=CCOC(=O)N1C[C@@H]2CC[C@H]([C@@H]1C(=O)OC)N2C(=O)OC(C)(C)C. The number of likely N-dealkylation sites (tertiary alicyclic amines) is 1. The van der Waals surface area contributed by atoms with Gasteiger partial charge < -0.3 is 14.2 Å². The minimum absolute atomic E-state index is 0.0499. The van der Waals surface area contributed by atoms with Crippen LogP contribution in [0.3, 0.4) is 0 Å². The first-order valence-corrected chi connectivity index (χ1v) is 8.33. The Labute approximate surface area is 147 Å². The fourth-order valence-corrected chi connectivity index (χ4v) is 3.36. The topological polar surface area (TPSA) is 85.4 Å². The molecule has 0 unspecified atom stereocenters. The van der Waals surface area contributed by atoms with Gasteiger partial charge >= 0.3 is 18.2 Å². The van der Waals surface area contributed by atoms with Crippen molar-refractivity contribution in [2.24, 2.45) is 0 Å². The van der Waals surface area contributed by atoms with Crippen LogP contribution in [-0.2, 0) is 19.0 Å². The van der Waals surface area contributed by atoms with Crippen molar-refractivity contribution in [1.82, 2.24) is 9.80 Å². The minimum atomic E-state index is -0.909. The van der Waals surface area contributed by atoms with E-state index in [1.165, 1.54) is 18.1 Å². The van der Waals surface area contributed by atoms with Gasteiger partial charge in [0.2, 0.25) is 0 Å². The second-order valence-corrected chi connectivity index (χ2v) is 7.17. The van der Waals surface area contributed by atoms with E-state index in [1.54, 1.807) is 25.7 Å². The van der Waals surface area contributed by atoms with Crippen LogP contribution in [0, 0.1) is 0 Å². The van der Waals surface area contributed by atoms with E-state index in [0.717, 1.165) is 0 Å². The molecule has 2 heterocycles. The van der Waals surface area contributed by atoms with Crippen molar-refractivity contribution in [2.75, 3.05) is 20.3 Å². The van der Waals surface area contributed by atoms with Crippen molar-refractivity contribution >= 4 is 18.2 Å². The van der Waals surface area contributed by atoms with Crippen molar-refractivity contribution in [3.63, 3.8) is 0 Å². The van der Waals surface area contributed by atoms with Crippen LogP contribution in [0.2, 0.25) is 0 Å². The lowest BCUT2D eigenvalue weighted by Gasteiger charge is -2.44. The van der Waals surface area contributed by atoms with E-state index < -0.39 is 35.8 Å². The number of hydrogen-bond acceptors (Lipinski definition) is 6. The second kappa shape index (κ2) is 7.33. The van der Waals surface area contributed by atoms with Gasteiger partial charge in [-0.2, -0.15) is 0 Å². The van der Waals surface area contributed by atoms with Crippen LogP contribution in [0.5, 0.6) is 0 Å². The summed E-state index contributed by atoms with van der Waals surface area (Å²) in [6, 6.07) is -1.61. The Morgan fingerprint density at radius 2 is 1.88 bits per heavy atom. The highest BCUT2D eigenvalue weighted by Crippen LogP contribution is 2.36. The van der Waals surface area contributed by atoms with E-state index in [9.17, 15) is 14.4 Å². The Bertz CT molecular complexity index is 556. The first kappa shape index (κ1) is 19.1. The fourth-order valence-electron chi connectivity index (χ4n) is 3.36. The van der Waals surface area contributed by atoms with Gasteiger partial charge in [0, 0.05) is 6.54 Å². The van der Waals surface area contributed by atoms with Crippen LogP contribution in [0.4, 0.5) is 9.59 Å². The molecule has 0 spiro atoms. The Morgan fingerprint density at radius 1 is 1.20 bits per heavy atom. The molecule has 25 heavy (non-hydrogen) atoms. The third-order valence-corrected chi connectivity index (χ3v) is 4.26. The maximum atomic E-state index is 12.6. The summed E-state index contributed by atoms with van der Waals surface area (Å²) in [4.78, 5) is 40.2. The van der Waals surface area contributed by atoms with Gasteiger partial charge in [0.1, 0.15) is 12.2 Å². The highest BCUT2D eigenvalue weighted by Gasteiger charge is 2.54. The summed E-state index contributed by atoms with van der Waals surface area (Å²) in [5, 5.41) is 0. The average Bonchev–Trinajstić information content (AvgIpc) is 2.84. The minimum Gasteiger partial charge on any atom is -0.467 e. The van der Waals surface area contributed by atoms with Crippen LogP contribution in [-0.4, -0.2) is 71.9 Å². The van der Waals surface area contributed by atoms with Crippen molar-refractivity contribution < 1.29 is 28.6 Å². The number of amides is 2. The number of fused-ring (bicyclic) bond motifs is 2. The molecule has 2 amide bonds. The monoisotopic (exact) mass is 354 g/mol. The Morgan fingerprint density at radius 3 is 2.44 bits per heavy atom. The third-order valence-electron chi connectivity index (χ3n) is 4.26. The normalized spacial score (nSPS) is 25.4. The summed E-state index contributed by atoms with van der Waals surface area (Å²) < 4.78 is 15.4. The number of rotatable bonds is 3. The highest BCUT2D eigenvalue weighted by atomic mass is 16.6. The van der Waals surface area contributed by atoms with Crippen molar-refractivity contribution in [1.29, 1.82) is 0 Å². The Hall–Kier alpha value is -2.25. The summed E-state index contributed by atoms with van der Waals surface area (Å²) in [6.45, 7) is 9.11. The number of methoxy groups -OCH3 is 1. The second-order valence-electron chi connectivity index (χ2n) is 7.17. The van der Waals surface area contributed by atoms with Gasteiger partial charge in [-0.15, -0.1) is 0 Å². The molecule has 0 N–H and O–H groups in total. The number of carbonyl (C=O) groups excluding carboxylic acids is 3. The highest BCUT2D eigenvalue weighted by molar-refractivity contribution is 5.84. The molecule has 8 nitrogen and oxygen atoms in total. The van der Waals surface area contributed by atoms with Crippen LogP contribution >= 0.6 is 0 Å². The lowest BCUT2D eigenvalue weighted by atomic mass is 10.0. The summed E-state index contributed by atoms with van der Waals surface area (Å²) in [7, 11) is 1.26. The third kappa shape index (κ3) is 4.05. The lowest BCUT2D eigenvalue weighted by Crippen LogP contribution is -2.65. The summed E-state index contributed by atoms with van der Waals surface area (Å²) in [6.07, 6.45) is 1.64. The molecule has 2 aliphatic rings. The van der Waals surface area contributed by atoms with Crippen LogP contribution < -0.4 is 0 Å². The maximum Gasteiger partial charge on any atom is 0.410 e. The quantitative estimate of drug-likeness (QED) is 0.437. The van der Waals surface area contributed by atoms with Gasteiger partial charge in [0.15, 0.2) is 6.04 Å². The van der Waals surface area contributed by atoms with Gasteiger partial charge in [0.25, 0.3) is 0 Å². The Balaban J connectivity index is 2.25. The predicted octanol–water partition coefficient (Wildman–Crippen LogP) is 1.93. The molecule has 2 fully saturated rings. The van der Waals surface area contributed by atoms with Gasteiger partial charge in [0.05, 0.1) is 19.2 Å². The van der Waals surface area contributed by atoms with E-state index in [4.69, 9.17) is 14.2 Å². The molecular weight excluding hydrogens is 328 g/mol. The van der Waals surface area contributed by atoms with Gasteiger partial charge in [-0.25, -0.2) is 14.4 Å². The molecule has 0 aliphatic carbocycles. The summed E-state index contributed by atoms with van der Waals surface area (Å²) in [5.41, 5.74) is -0.642. The largest absolute Gasteiger partial charge is 0.467 e. The number of carbonyl (C=O) groups is 3. The van der Waals surface area contributed by atoms with Crippen molar-refractivity contribution in [3.8, 4) is 0 Å². The molecule has 2 rings (SSSR count). The zero-order valence-electron chi connectivity index (χ0n) is 15.2. The first-order valence-electron chi connectivity index (χ1n) is 8.33. The average molecular weight is 354 g/mol. The molecule has 2 bridgehead atoms. The number of nitrogens with zero attached hydrogens (tertiary/aromatic N) is 2. The van der Waals surface area contributed by atoms with Gasteiger partial charge in [-0.1, -0.05) is 12.7 Å². The molecule has 2 saturated heterocycles. The molecule has 0 aromatic heterocycles. The van der Waals surface area contributed by atoms with Gasteiger partial charge in [-0.05, 0) is 33.6 Å². The molecule has 140 valence electrons. The van der Waals surface area contributed by atoms with Crippen LogP contribution in [0.15, 0.2) is 12.7 Å². The first-order chi connectivity index (χ1) is 11.7. The zero-order chi connectivity index (χ0) is 18.8. The molecule has 3 atom stereocenters. The smallest absolute Gasteiger partial charge is 0.410 e. The van der Waals surface area contributed by atoms with Crippen LogP contribution in [0.25, 0.3) is 0 Å². The molecule has 0 aromatic rings. The van der Waals surface area contributed by atoms with E-state index in [2.05, 4.69) is 6.58 Å². The fraction of sp³-hybridized carbons (Fsp3) is 0.706. The van der Waals surface area contributed by atoms with E-state index in [-0.39, 0.29) is 19.2 Å². The number of piperazine rings is 1. The van der Waals surface area contributed by atoms with Crippen LogP contribution in [0.1, 0.15) is 33.6 Å².